The van der Waals surface area contributed by atoms with Crippen LogP contribution < -0.4 is 5.32 Å². The highest BCUT2D eigenvalue weighted by Crippen LogP contribution is 2.48. The summed E-state index contributed by atoms with van der Waals surface area (Å²) in [6, 6.07) is 8.39. The second-order valence-electron chi connectivity index (χ2n) is 8.85. The fraction of sp³-hybridized carbons (Fsp3) is 0.636. The van der Waals surface area contributed by atoms with Gasteiger partial charge in [0.1, 0.15) is 0 Å². The van der Waals surface area contributed by atoms with Crippen LogP contribution in [0.1, 0.15) is 57.2 Å². The number of halogens is 1. The van der Waals surface area contributed by atoms with E-state index in [2.05, 4.69) is 43.4 Å². The molecule has 1 amide bonds. The van der Waals surface area contributed by atoms with Crippen molar-refractivity contribution >= 4 is 24.3 Å². The third-order valence-electron chi connectivity index (χ3n) is 6.24. The predicted octanol–water partition coefficient (Wildman–Crippen LogP) is 3.67. The number of hydrogen-bond acceptors (Lipinski definition) is 3. The molecule has 5 nitrogen and oxygen atoms in total. The van der Waals surface area contributed by atoms with Crippen LogP contribution in [0.5, 0.6) is 0 Å². The summed E-state index contributed by atoms with van der Waals surface area (Å²) in [6.07, 6.45) is 3.75. The number of rotatable bonds is 7. The normalized spacial score (nSPS) is 25.2. The van der Waals surface area contributed by atoms with E-state index in [9.17, 15) is 14.7 Å². The third-order valence-corrected chi connectivity index (χ3v) is 6.24. The molecule has 28 heavy (non-hydrogen) atoms. The number of carboxylic acid groups (broad SMARTS) is 1. The van der Waals surface area contributed by atoms with Crippen molar-refractivity contribution in [2.75, 3.05) is 19.6 Å². The van der Waals surface area contributed by atoms with Crippen LogP contribution in [0.2, 0.25) is 0 Å². The molecule has 6 heteroatoms. The van der Waals surface area contributed by atoms with E-state index in [1.807, 2.05) is 11.8 Å². The summed E-state index contributed by atoms with van der Waals surface area (Å²) >= 11 is 0. The number of likely N-dealkylation sites (tertiary alicyclic amines) is 1. The number of nitrogens with one attached hydrogen (secondary N) is 1. The maximum atomic E-state index is 12.5. The lowest BCUT2D eigenvalue weighted by Crippen LogP contribution is -2.40. The van der Waals surface area contributed by atoms with Crippen molar-refractivity contribution < 1.29 is 14.7 Å². The summed E-state index contributed by atoms with van der Waals surface area (Å²) in [5.41, 5.74) is 1.78. The highest BCUT2D eigenvalue weighted by molar-refractivity contribution is 5.85. The standard InChI is InChI=1S/C22H32N2O3.ClH/c1-15(2)11-17-6-8-18(9-7-17)16(3)23-20(25)13-24-12-19-5-4-10-22(19,14-24)21(26)27;/h6-9,15-16,19H,4-5,10-14H2,1-3H3,(H,23,25)(H,26,27);1H/t16?,19-,22+;/m0./s1. The van der Waals surface area contributed by atoms with Gasteiger partial charge in [0, 0.05) is 13.1 Å². The molecule has 2 aliphatic rings. The average molecular weight is 409 g/mol. The summed E-state index contributed by atoms with van der Waals surface area (Å²) < 4.78 is 0. The Hall–Kier alpha value is -1.59. The summed E-state index contributed by atoms with van der Waals surface area (Å²) in [7, 11) is 0. The smallest absolute Gasteiger partial charge is 0.311 e. The van der Waals surface area contributed by atoms with Crippen LogP contribution in [0.3, 0.4) is 0 Å². The maximum Gasteiger partial charge on any atom is 0.311 e. The number of hydrogen-bond donors (Lipinski definition) is 2. The molecule has 1 saturated heterocycles. The molecule has 3 rings (SSSR count). The van der Waals surface area contributed by atoms with Crippen LogP contribution in [0, 0.1) is 17.3 Å². The molecule has 1 aromatic rings. The van der Waals surface area contributed by atoms with Gasteiger partial charge < -0.3 is 10.4 Å². The quantitative estimate of drug-likeness (QED) is 0.722. The largest absolute Gasteiger partial charge is 0.481 e. The third kappa shape index (κ3) is 4.87. The first-order chi connectivity index (χ1) is 12.8. The van der Waals surface area contributed by atoms with Gasteiger partial charge in [0.15, 0.2) is 0 Å². The van der Waals surface area contributed by atoms with Crippen molar-refractivity contribution in [2.45, 2.75) is 52.5 Å². The lowest BCUT2D eigenvalue weighted by Gasteiger charge is -2.23. The molecule has 1 aliphatic heterocycles. The van der Waals surface area contributed by atoms with E-state index in [0.717, 1.165) is 37.8 Å². The first kappa shape index (κ1) is 22.7. The number of aliphatic carboxylic acids is 1. The molecule has 1 aromatic carbocycles. The molecule has 0 radical (unpaired) electrons. The number of amides is 1. The van der Waals surface area contributed by atoms with E-state index in [-0.39, 0.29) is 36.8 Å². The second-order valence-corrected chi connectivity index (χ2v) is 8.85. The zero-order valence-electron chi connectivity index (χ0n) is 17.1. The fourth-order valence-corrected chi connectivity index (χ4v) is 4.85. The molecule has 1 saturated carbocycles. The molecule has 156 valence electrons. The van der Waals surface area contributed by atoms with Gasteiger partial charge in [-0.05, 0) is 49.1 Å². The topological polar surface area (TPSA) is 69.6 Å². The van der Waals surface area contributed by atoms with Gasteiger partial charge in [-0.15, -0.1) is 12.4 Å². The molecule has 0 aromatic heterocycles. The number of nitrogens with zero attached hydrogens (tertiary/aromatic N) is 1. The number of benzene rings is 1. The monoisotopic (exact) mass is 408 g/mol. The minimum atomic E-state index is -0.692. The lowest BCUT2D eigenvalue weighted by molar-refractivity contribution is -0.149. The van der Waals surface area contributed by atoms with E-state index in [1.165, 1.54) is 5.56 Å². The molecule has 2 N–H and O–H groups in total. The molecule has 1 aliphatic carbocycles. The van der Waals surface area contributed by atoms with Crippen LogP contribution >= 0.6 is 12.4 Å². The van der Waals surface area contributed by atoms with Crippen LogP contribution in [-0.4, -0.2) is 41.5 Å². The van der Waals surface area contributed by atoms with Gasteiger partial charge in [-0.3, -0.25) is 14.5 Å². The van der Waals surface area contributed by atoms with Crippen molar-refractivity contribution in [1.82, 2.24) is 10.2 Å². The van der Waals surface area contributed by atoms with E-state index in [1.54, 1.807) is 0 Å². The summed E-state index contributed by atoms with van der Waals surface area (Å²) in [5, 5.41) is 12.7. The van der Waals surface area contributed by atoms with Crippen molar-refractivity contribution in [3.8, 4) is 0 Å². The van der Waals surface area contributed by atoms with Gasteiger partial charge in [-0.1, -0.05) is 44.5 Å². The summed E-state index contributed by atoms with van der Waals surface area (Å²) in [5.74, 6) is 0.0905. The number of carboxylic acids is 1. The van der Waals surface area contributed by atoms with Crippen molar-refractivity contribution in [2.24, 2.45) is 17.3 Å². The molecular weight excluding hydrogens is 376 g/mol. The SMILES string of the molecule is CC(C)Cc1ccc(C(C)NC(=O)CN2C[C@@H]3CCC[C@@]3(C(=O)O)C2)cc1.Cl. The average Bonchev–Trinajstić information content (AvgIpc) is 3.12. The van der Waals surface area contributed by atoms with E-state index >= 15 is 0 Å². The Morgan fingerprint density at radius 2 is 1.93 bits per heavy atom. The van der Waals surface area contributed by atoms with Crippen LogP contribution in [0.15, 0.2) is 24.3 Å². The molecule has 3 atom stereocenters. The minimum absolute atomic E-state index is 0. The van der Waals surface area contributed by atoms with Gasteiger partial charge in [-0.25, -0.2) is 0 Å². The number of fused-ring (bicyclic) bond motifs is 1. The molecule has 0 bridgehead atoms. The lowest BCUT2D eigenvalue weighted by atomic mass is 9.81. The predicted molar refractivity (Wildman–Crippen MR) is 113 cm³/mol. The maximum absolute atomic E-state index is 12.5. The van der Waals surface area contributed by atoms with Gasteiger partial charge in [0.05, 0.1) is 18.0 Å². The first-order valence-corrected chi connectivity index (χ1v) is 10.1. The molecule has 1 heterocycles. The molecule has 2 fully saturated rings. The minimum Gasteiger partial charge on any atom is -0.481 e. The van der Waals surface area contributed by atoms with Crippen molar-refractivity contribution in [3.05, 3.63) is 35.4 Å². The van der Waals surface area contributed by atoms with Crippen LogP contribution in [-0.2, 0) is 16.0 Å². The van der Waals surface area contributed by atoms with Crippen molar-refractivity contribution in [1.29, 1.82) is 0 Å². The Morgan fingerprint density at radius 3 is 2.50 bits per heavy atom. The molecule has 1 unspecified atom stereocenters. The Labute approximate surface area is 174 Å². The Kier molecular flexibility index (Phi) is 7.52. The van der Waals surface area contributed by atoms with E-state index < -0.39 is 11.4 Å². The Bertz CT molecular complexity index is 692. The number of carbonyl (C=O) groups is 2. The highest BCUT2D eigenvalue weighted by Gasteiger charge is 2.54. The second kappa shape index (κ2) is 9.27. The zero-order chi connectivity index (χ0) is 19.6. The first-order valence-electron chi connectivity index (χ1n) is 10.1. The van der Waals surface area contributed by atoms with E-state index in [0.29, 0.717) is 12.5 Å². The van der Waals surface area contributed by atoms with Gasteiger partial charge in [0.25, 0.3) is 0 Å². The highest BCUT2D eigenvalue weighted by atomic mass is 35.5. The molecule has 0 spiro atoms. The Morgan fingerprint density at radius 1 is 1.25 bits per heavy atom. The van der Waals surface area contributed by atoms with Gasteiger partial charge >= 0.3 is 5.97 Å². The van der Waals surface area contributed by atoms with E-state index in [4.69, 9.17) is 0 Å². The fourth-order valence-electron chi connectivity index (χ4n) is 4.85. The molecular formula is C22H33ClN2O3. The number of carbonyl (C=O) groups excluding carboxylic acids is 1. The summed E-state index contributed by atoms with van der Waals surface area (Å²) in [6.45, 7) is 7.90. The zero-order valence-corrected chi connectivity index (χ0v) is 17.9. The summed E-state index contributed by atoms with van der Waals surface area (Å²) in [4.78, 5) is 26.3. The van der Waals surface area contributed by atoms with Gasteiger partial charge in [0.2, 0.25) is 5.91 Å². The van der Waals surface area contributed by atoms with Crippen molar-refractivity contribution in [3.63, 3.8) is 0 Å². The van der Waals surface area contributed by atoms with Crippen LogP contribution in [0.25, 0.3) is 0 Å². The van der Waals surface area contributed by atoms with Crippen LogP contribution in [0.4, 0.5) is 0 Å². The Balaban J connectivity index is 0.00000280. The van der Waals surface area contributed by atoms with Gasteiger partial charge in [-0.2, -0.15) is 0 Å².